The molecule has 2 bridgehead atoms. The Morgan fingerprint density at radius 1 is 1.36 bits per heavy atom. The molecule has 2 aliphatic heterocycles. The third-order valence-electron chi connectivity index (χ3n) is 4.93. The minimum Gasteiger partial charge on any atom is -0.373 e. The zero-order chi connectivity index (χ0) is 17.1. The lowest BCUT2D eigenvalue weighted by atomic mass is 9.96. The van der Waals surface area contributed by atoms with E-state index in [0.29, 0.717) is 18.2 Å². The lowest BCUT2D eigenvalue weighted by molar-refractivity contribution is 0.0992. The Kier molecular flexibility index (Phi) is 5.17. The largest absolute Gasteiger partial charge is 0.373 e. The zero-order valence-electron chi connectivity index (χ0n) is 14.7. The van der Waals surface area contributed by atoms with Gasteiger partial charge >= 0.3 is 0 Å². The van der Waals surface area contributed by atoms with Crippen molar-refractivity contribution in [2.75, 3.05) is 13.1 Å². The molecular formula is C19H26N4OS. The van der Waals surface area contributed by atoms with E-state index in [1.807, 2.05) is 6.07 Å². The van der Waals surface area contributed by atoms with Gasteiger partial charge in [-0.25, -0.2) is 4.98 Å². The van der Waals surface area contributed by atoms with Gasteiger partial charge in [-0.15, -0.1) is 11.3 Å². The molecule has 3 atom stereocenters. The number of para-hydroxylation sites is 1. The average molecular weight is 359 g/mol. The van der Waals surface area contributed by atoms with E-state index < -0.39 is 0 Å². The molecule has 0 spiro atoms. The number of hydrogen-bond donors (Lipinski definition) is 2. The van der Waals surface area contributed by atoms with E-state index in [1.165, 1.54) is 22.5 Å². The Labute approximate surface area is 152 Å². The lowest BCUT2D eigenvalue weighted by Crippen LogP contribution is -2.47. The molecule has 1 aromatic heterocycles. The summed E-state index contributed by atoms with van der Waals surface area (Å²) in [7, 11) is 0. The number of aryl methyl sites for hydroxylation is 1. The molecule has 2 saturated heterocycles. The van der Waals surface area contributed by atoms with Crippen molar-refractivity contribution in [3.05, 3.63) is 29.3 Å². The summed E-state index contributed by atoms with van der Waals surface area (Å²) < 4.78 is 7.19. The second-order valence-electron chi connectivity index (χ2n) is 6.80. The number of ether oxygens (including phenoxy) is 1. The van der Waals surface area contributed by atoms with Crippen molar-refractivity contribution in [1.29, 1.82) is 0 Å². The molecular weight excluding hydrogens is 332 g/mol. The van der Waals surface area contributed by atoms with Gasteiger partial charge < -0.3 is 15.4 Å². The number of aliphatic imine (C=N–C) groups is 1. The first kappa shape index (κ1) is 16.8. The third-order valence-corrected chi connectivity index (χ3v) is 6.03. The van der Waals surface area contributed by atoms with Gasteiger partial charge in [0.2, 0.25) is 0 Å². The average Bonchev–Trinajstić information content (AvgIpc) is 3.33. The molecule has 6 heteroatoms. The van der Waals surface area contributed by atoms with Crippen molar-refractivity contribution >= 4 is 27.5 Å². The predicted molar refractivity (Wildman–Crippen MR) is 103 cm³/mol. The van der Waals surface area contributed by atoms with E-state index in [9.17, 15) is 0 Å². The van der Waals surface area contributed by atoms with E-state index in [1.54, 1.807) is 11.3 Å². The number of nitrogens with zero attached hydrogens (tertiary/aromatic N) is 2. The number of guanidine groups is 1. The molecule has 1 aromatic carbocycles. The van der Waals surface area contributed by atoms with Crippen molar-refractivity contribution in [3.63, 3.8) is 0 Å². The quantitative estimate of drug-likeness (QED) is 0.473. The van der Waals surface area contributed by atoms with Crippen LogP contribution in [-0.4, -0.2) is 42.3 Å². The molecule has 5 nitrogen and oxygen atoms in total. The molecule has 3 heterocycles. The summed E-state index contributed by atoms with van der Waals surface area (Å²) >= 11 is 1.79. The van der Waals surface area contributed by atoms with E-state index in [-0.39, 0.29) is 0 Å². The van der Waals surface area contributed by atoms with Gasteiger partial charge in [-0.3, -0.25) is 4.99 Å². The van der Waals surface area contributed by atoms with Crippen molar-refractivity contribution in [1.82, 2.24) is 15.6 Å². The second kappa shape index (κ2) is 7.70. The molecule has 4 rings (SSSR count). The van der Waals surface area contributed by atoms with Gasteiger partial charge in [-0.1, -0.05) is 12.1 Å². The van der Waals surface area contributed by atoms with Crippen LogP contribution in [0.3, 0.4) is 0 Å². The second-order valence-corrected chi connectivity index (χ2v) is 7.92. The maximum Gasteiger partial charge on any atom is 0.191 e. The van der Waals surface area contributed by atoms with Gasteiger partial charge in [0.15, 0.2) is 5.96 Å². The highest BCUT2D eigenvalue weighted by Crippen LogP contribution is 2.34. The molecule has 2 N–H and O–H groups in total. The molecule has 0 aliphatic carbocycles. The highest BCUT2D eigenvalue weighted by Gasteiger charge is 2.41. The first-order valence-corrected chi connectivity index (χ1v) is 10.2. The van der Waals surface area contributed by atoms with Gasteiger partial charge in [0.25, 0.3) is 0 Å². The fourth-order valence-electron chi connectivity index (χ4n) is 3.73. The molecule has 25 heavy (non-hydrogen) atoms. The van der Waals surface area contributed by atoms with Crippen LogP contribution in [0.2, 0.25) is 0 Å². The summed E-state index contributed by atoms with van der Waals surface area (Å²) in [5.41, 5.74) is 1.11. The number of hydrogen-bond acceptors (Lipinski definition) is 4. The fraction of sp³-hybridized carbons (Fsp3) is 0.579. The van der Waals surface area contributed by atoms with Crippen LogP contribution in [0.4, 0.5) is 0 Å². The van der Waals surface area contributed by atoms with Crippen molar-refractivity contribution in [2.24, 2.45) is 4.99 Å². The number of rotatable bonds is 6. The van der Waals surface area contributed by atoms with Crippen molar-refractivity contribution in [3.8, 4) is 0 Å². The summed E-state index contributed by atoms with van der Waals surface area (Å²) in [6.45, 7) is 3.80. The third kappa shape index (κ3) is 3.96. The highest BCUT2D eigenvalue weighted by molar-refractivity contribution is 7.18. The summed E-state index contributed by atoms with van der Waals surface area (Å²) in [6.07, 6.45) is 6.35. The van der Waals surface area contributed by atoms with Crippen molar-refractivity contribution < 1.29 is 4.74 Å². The van der Waals surface area contributed by atoms with E-state index in [0.717, 1.165) is 43.8 Å². The molecule has 0 saturated carbocycles. The first-order valence-electron chi connectivity index (χ1n) is 9.36. The smallest absolute Gasteiger partial charge is 0.191 e. The Morgan fingerprint density at radius 2 is 2.28 bits per heavy atom. The van der Waals surface area contributed by atoms with Crippen LogP contribution in [0.25, 0.3) is 10.2 Å². The highest BCUT2D eigenvalue weighted by atomic mass is 32.1. The minimum absolute atomic E-state index is 0.372. The summed E-state index contributed by atoms with van der Waals surface area (Å²) in [5.74, 6) is 0.924. The van der Waals surface area contributed by atoms with Gasteiger partial charge in [0.1, 0.15) is 0 Å². The molecule has 2 aromatic rings. The molecule has 134 valence electrons. The summed E-state index contributed by atoms with van der Waals surface area (Å²) in [5, 5.41) is 8.13. The molecule has 3 unspecified atom stereocenters. The van der Waals surface area contributed by atoms with Crippen LogP contribution in [0, 0.1) is 0 Å². The van der Waals surface area contributed by atoms with Crippen LogP contribution in [-0.2, 0) is 11.2 Å². The maximum absolute atomic E-state index is 5.92. The number of thiazole rings is 1. The maximum atomic E-state index is 5.92. The number of nitrogens with one attached hydrogen (secondary N) is 2. The Hall–Kier alpha value is -1.66. The van der Waals surface area contributed by atoms with E-state index >= 15 is 0 Å². The van der Waals surface area contributed by atoms with Crippen LogP contribution in [0.15, 0.2) is 29.3 Å². The van der Waals surface area contributed by atoms with E-state index in [4.69, 9.17) is 14.7 Å². The number of aromatic nitrogens is 1. The lowest BCUT2D eigenvalue weighted by Gasteiger charge is -2.22. The summed E-state index contributed by atoms with van der Waals surface area (Å²) in [6, 6.07) is 8.75. The first-order chi connectivity index (χ1) is 12.3. The van der Waals surface area contributed by atoms with Gasteiger partial charge in [0, 0.05) is 19.5 Å². The monoisotopic (exact) mass is 358 g/mol. The molecule has 2 aliphatic rings. The Morgan fingerprint density at radius 3 is 3.04 bits per heavy atom. The minimum atomic E-state index is 0.372. The molecule has 0 amide bonds. The van der Waals surface area contributed by atoms with Gasteiger partial charge in [-0.2, -0.15) is 0 Å². The SMILES string of the molecule is CCNC(=NCCCc1nc2ccccc2s1)NC1CC2CCC1O2. The van der Waals surface area contributed by atoms with Gasteiger partial charge in [0.05, 0.1) is 33.5 Å². The normalized spacial score (nSPS) is 25.6. The summed E-state index contributed by atoms with van der Waals surface area (Å²) in [4.78, 5) is 9.44. The van der Waals surface area contributed by atoms with Crippen LogP contribution >= 0.6 is 11.3 Å². The Balaban J connectivity index is 1.29. The fourth-order valence-corrected chi connectivity index (χ4v) is 4.74. The standard InChI is InChI=1S/C19H26N4OS/c1-2-20-19(23-15-12-13-9-10-16(15)24-13)21-11-5-8-18-22-14-6-3-4-7-17(14)25-18/h3-4,6-7,13,15-16H,2,5,8-12H2,1H3,(H2,20,21,23). The number of fused-ring (bicyclic) bond motifs is 3. The van der Waals surface area contributed by atoms with E-state index in [2.05, 4.69) is 35.8 Å². The zero-order valence-corrected chi connectivity index (χ0v) is 15.5. The van der Waals surface area contributed by atoms with Crippen molar-refractivity contribution in [2.45, 2.75) is 57.3 Å². The Bertz CT molecular complexity index is 711. The van der Waals surface area contributed by atoms with Crippen LogP contribution in [0.1, 0.15) is 37.6 Å². The van der Waals surface area contributed by atoms with Crippen LogP contribution in [0.5, 0.6) is 0 Å². The van der Waals surface area contributed by atoms with Gasteiger partial charge in [-0.05, 0) is 44.7 Å². The van der Waals surface area contributed by atoms with Crippen LogP contribution < -0.4 is 10.6 Å². The number of benzene rings is 1. The molecule has 0 radical (unpaired) electrons. The topological polar surface area (TPSA) is 58.5 Å². The predicted octanol–water partition coefficient (Wildman–Crippen LogP) is 3.10. The molecule has 2 fully saturated rings.